The lowest BCUT2D eigenvalue weighted by atomic mass is 10.2. The van der Waals surface area contributed by atoms with Crippen molar-refractivity contribution in [3.63, 3.8) is 0 Å². The van der Waals surface area contributed by atoms with E-state index in [1.54, 1.807) is 11.3 Å². The Bertz CT molecular complexity index is 560. The van der Waals surface area contributed by atoms with E-state index in [0.717, 1.165) is 23.1 Å². The molecule has 5 heteroatoms. The van der Waals surface area contributed by atoms with Gasteiger partial charge in [0.2, 0.25) is 5.95 Å². The fraction of sp³-hybridized carbons (Fsp3) is 0.571. The Kier molecular flexibility index (Phi) is 3.55. The first-order valence-corrected chi connectivity index (χ1v) is 7.89. The van der Waals surface area contributed by atoms with Crippen LogP contribution < -0.4 is 10.2 Å². The van der Waals surface area contributed by atoms with Gasteiger partial charge in [-0.25, -0.2) is 4.98 Å². The van der Waals surface area contributed by atoms with E-state index in [0.29, 0.717) is 6.04 Å². The van der Waals surface area contributed by atoms with E-state index in [9.17, 15) is 0 Å². The number of hydrogen-bond donors (Lipinski definition) is 1. The highest BCUT2D eigenvalue weighted by molar-refractivity contribution is 7.16. The number of hydrogen-bond acceptors (Lipinski definition) is 5. The minimum Gasteiger partial charge on any atom is -0.356 e. The maximum atomic E-state index is 4.72. The average molecular weight is 276 g/mol. The maximum absolute atomic E-state index is 4.72. The molecule has 19 heavy (non-hydrogen) atoms. The molecular formula is C14H20N4S. The van der Waals surface area contributed by atoms with Gasteiger partial charge in [-0.1, -0.05) is 12.8 Å². The molecule has 1 aliphatic carbocycles. The van der Waals surface area contributed by atoms with Crippen LogP contribution in [0.1, 0.15) is 32.6 Å². The van der Waals surface area contributed by atoms with Gasteiger partial charge in [0.05, 0.1) is 5.39 Å². The predicted molar refractivity (Wildman–Crippen MR) is 82.2 cm³/mol. The minimum atomic E-state index is 0.632. The molecule has 1 saturated carbocycles. The summed E-state index contributed by atoms with van der Waals surface area (Å²) in [4.78, 5) is 12.7. The van der Waals surface area contributed by atoms with Gasteiger partial charge in [0.1, 0.15) is 10.6 Å². The van der Waals surface area contributed by atoms with Crippen molar-refractivity contribution in [3.8, 4) is 0 Å². The summed E-state index contributed by atoms with van der Waals surface area (Å²) < 4.78 is 0. The van der Waals surface area contributed by atoms with E-state index in [1.807, 2.05) is 0 Å². The van der Waals surface area contributed by atoms with Crippen molar-refractivity contribution in [1.82, 2.24) is 9.97 Å². The van der Waals surface area contributed by atoms with Crippen LogP contribution in [-0.4, -0.2) is 29.6 Å². The topological polar surface area (TPSA) is 41.1 Å². The number of thiophene rings is 1. The Hall–Kier alpha value is -1.36. The number of nitrogens with zero attached hydrogens (tertiary/aromatic N) is 3. The van der Waals surface area contributed by atoms with Crippen LogP contribution in [0.15, 0.2) is 11.4 Å². The maximum Gasteiger partial charge on any atom is 0.226 e. The van der Waals surface area contributed by atoms with Gasteiger partial charge < -0.3 is 10.2 Å². The van der Waals surface area contributed by atoms with E-state index in [1.165, 1.54) is 31.1 Å². The Morgan fingerprint density at radius 2 is 2.16 bits per heavy atom. The molecule has 1 fully saturated rings. The highest BCUT2D eigenvalue weighted by Gasteiger charge is 2.23. The summed E-state index contributed by atoms with van der Waals surface area (Å²) in [6, 6.07) is 2.77. The van der Waals surface area contributed by atoms with Crippen LogP contribution in [0.25, 0.3) is 10.2 Å². The molecule has 1 aliphatic rings. The van der Waals surface area contributed by atoms with Gasteiger partial charge in [-0.3, -0.25) is 0 Å². The Labute approximate surface area is 117 Å². The van der Waals surface area contributed by atoms with Crippen molar-refractivity contribution >= 4 is 33.3 Å². The summed E-state index contributed by atoms with van der Waals surface area (Å²) in [5, 5.41) is 6.51. The molecule has 2 aromatic rings. The summed E-state index contributed by atoms with van der Waals surface area (Å²) in [6.07, 6.45) is 5.24. The lowest BCUT2D eigenvalue weighted by Gasteiger charge is -2.26. The van der Waals surface area contributed by atoms with Crippen molar-refractivity contribution in [1.29, 1.82) is 0 Å². The second kappa shape index (κ2) is 5.33. The zero-order valence-electron chi connectivity index (χ0n) is 11.5. The van der Waals surface area contributed by atoms with Crippen molar-refractivity contribution in [2.24, 2.45) is 0 Å². The zero-order chi connectivity index (χ0) is 13.2. The minimum absolute atomic E-state index is 0.632. The molecule has 2 heterocycles. The van der Waals surface area contributed by atoms with Crippen molar-refractivity contribution < 1.29 is 0 Å². The molecular weight excluding hydrogens is 256 g/mol. The highest BCUT2D eigenvalue weighted by Crippen LogP contribution is 2.32. The number of anilines is 2. The summed E-state index contributed by atoms with van der Waals surface area (Å²) in [5.41, 5.74) is 0. The molecule has 0 radical (unpaired) electrons. The Morgan fingerprint density at radius 3 is 2.89 bits per heavy atom. The van der Waals surface area contributed by atoms with E-state index < -0.39 is 0 Å². The largest absolute Gasteiger partial charge is 0.356 e. The first-order chi connectivity index (χ1) is 9.29. The normalized spacial score (nSPS) is 16.1. The second-order valence-electron chi connectivity index (χ2n) is 5.09. The Balaban J connectivity index is 2.01. The van der Waals surface area contributed by atoms with E-state index in [-0.39, 0.29) is 0 Å². The predicted octanol–water partition coefficient (Wildman–Crippen LogP) is 3.50. The molecule has 0 aliphatic heterocycles. The lowest BCUT2D eigenvalue weighted by Crippen LogP contribution is -2.30. The Morgan fingerprint density at radius 1 is 1.37 bits per heavy atom. The van der Waals surface area contributed by atoms with Crippen LogP contribution in [0.2, 0.25) is 0 Å². The standard InChI is InChI=1S/C14H20N4S/c1-3-15-14-16-12(11-8-9-19-13(11)17-14)18(2)10-6-4-5-7-10/h8-10H,3-7H2,1-2H3,(H,15,16,17). The monoisotopic (exact) mass is 276 g/mol. The molecule has 0 aromatic carbocycles. The first-order valence-electron chi connectivity index (χ1n) is 7.01. The molecule has 4 nitrogen and oxygen atoms in total. The van der Waals surface area contributed by atoms with Gasteiger partial charge in [-0.15, -0.1) is 11.3 Å². The molecule has 0 amide bonds. The third kappa shape index (κ3) is 2.39. The third-order valence-corrected chi connectivity index (χ3v) is 4.65. The van der Waals surface area contributed by atoms with Crippen LogP contribution in [0.4, 0.5) is 11.8 Å². The summed E-state index contributed by atoms with van der Waals surface area (Å²) >= 11 is 1.68. The van der Waals surface area contributed by atoms with Gasteiger partial charge in [-0.2, -0.15) is 4.98 Å². The fourth-order valence-electron chi connectivity index (χ4n) is 2.81. The molecule has 0 saturated heterocycles. The van der Waals surface area contributed by atoms with Crippen LogP contribution in [0.3, 0.4) is 0 Å². The van der Waals surface area contributed by atoms with Gasteiger partial charge in [0.15, 0.2) is 0 Å². The van der Waals surface area contributed by atoms with Crippen molar-refractivity contribution in [2.75, 3.05) is 23.8 Å². The molecule has 3 rings (SSSR count). The third-order valence-electron chi connectivity index (χ3n) is 3.85. The van der Waals surface area contributed by atoms with Crippen LogP contribution in [-0.2, 0) is 0 Å². The molecule has 0 atom stereocenters. The summed E-state index contributed by atoms with van der Waals surface area (Å²) in [5.74, 6) is 1.83. The summed E-state index contributed by atoms with van der Waals surface area (Å²) in [7, 11) is 2.17. The number of fused-ring (bicyclic) bond motifs is 1. The van der Waals surface area contributed by atoms with E-state index in [4.69, 9.17) is 4.98 Å². The van der Waals surface area contributed by atoms with Crippen molar-refractivity contribution in [3.05, 3.63) is 11.4 Å². The van der Waals surface area contributed by atoms with E-state index >= 15 is 0 Å². The average Bonchev–Trinajstić information content (AvgIpc) is 3.08. The quantitative estimate of drug-likeness (QED) is 0.928. The zero-order valence-corrected chi connectivity index (χ0v) is 12.3. The van der Waals surface area contributed by atoms with Crippen LogP contribution in [0.5, 0.6) is 0 Å². The molecule has 1 N–H and O–H groups in total. The highest BCUT2D eigenvalue weighted by atomic mass is 32.1. The first kappa shape index (κ1) is 12.7. The fourth-order valence-corrected chi connectivity index (χ4v) is 3.57. The number of rotatable bonds is 4. The van der Waals surface area contributed by atoms with Gasteiger partial charge >= 0.3 is 0 Å². The van der Waals surface area contributed by atoms with Crippen LogP contribution >= 0.6 is 11.3 Å². The van der Waals surface area contributed by atoms with Crippen LogP contribution in [0, 0.1) is 0 Å². The summed E-state index contributed by atoms with van der Waals surface area (Å²) in [6.45, 7) is 2.92. The lowest BCUT2D eigenvalue weighted by molar-refractivity contribution is 0.648. The SMILES string of the molecule is CCNc1nc(N(C)C2CCCC2)c2ccsc2n1. The van der Waals surface area contributed by atoms with E-state index in [2.05, 4.69) is 40.6 Å². The smallest absolute Gasteiger partial charge is 0.226 e. The number of aromatic nitrogens is 2. The van der Waals surface area contributed by atoms with Gasteiger partial charge in [0, 0.05) is 19.6 Å². The molecule has 0 bridgehead atoms. The second-order valence-corrected chi connectivity index (χ2v) is 5.98. The van der Waals surface area contributed by atoms with Gasteiger partial charge in [-0.05, 0) is 31.2 Å². The van der Waals surface area contributed by atoms with Crippen molar-refractivity contribution in [2.45, 2.75) is 38.6 Å². The molecule has 0 unspecified atom stereocenters. The number of nitrogens with one attached hydrogen (secondary N) is 1. The molecule has 102 valence electrons. The molecule has 0 spiro atoms. The van der Waals surface area contributed by atoms with Gasteiger partial charge in [0.25, 0.3) is 0 Å². The molecule has 2 aromatic heterocycles.